The molecule has 0 unspecified atom stereocenters. The predicted molar refractivity (Wildman–Crippen MR) is 84.7 cm³/mol. The topological polar surface area (TPSA) is 56.7 Å². The first-order chi connectivity index (χ1) is 9.47. The van der Waals surface area contributed by atoms with E-state index in [-0.39, 0.29) is 0 Å². The largest absolute Gasteiger partial charge is 0.398 e. The molecule has 0 aliphatic rings. The maximum Gasteiger partial charge on any atom is 0.129 e. The highest BCUT2D eigenvalue weighted by molar-refractivity contribution is 7.80. The summed E-state index contributed by atoms with van der Waals surface area (Å²) in [6.07, 6.45) is 0. The molecule has 0 aliphatic carbocycles. The SMILES string of the molecule is Cc1ccc(-n2nc3c(C)cc(N)c(S)c3n2)cc1C. The number of fused-ring (bicyclic) bond motifs is 1. The summed E-state index contributed by atoms with van der Waals surface area (Å²) in [7, 11) is 0. The summed E-state index contributed by atoms with van der Waals surface area (Å²) in [4.78, 5) is 2.32. The quantitative estimate of drug-likeness (QED) is 0.533. The first kappa shape index (κ1) is 13.0. The molecule has 0 radical (unpaired) electrons. The summed E-state index contributed by atoms with van der Waals surface area (Å²) in [5, 5.41) is 9.08. The van der Waals surface area contributed by atoms with Gasteiger partial charge in [-0.3, -0.25) is 0 Å². The third-order valence-corrected chi connectivity index (χ3v) is 4.05. The highest BCUT2D eigenvalue weighted by atomic mass is 32.1. The van der Waals surface area contributed by atoms with Crippen LogP contribution in [-0.4, -0.2) is 15.0 Å². The maximum absolute atomic E-state index is 5.93. The minimum atomic E-state index is 0.630. The Labute approximate surface area is 123 Å². The fourth-order valence-corrected chi connectivity index (χ4v) is 2.42. The predicted octanol–water partition coefficient (Wildman–Crippen LogP) is 3.22. The van der Waals surface area contributed by atoms with Gasteiger partial charge in [-0.2, -0.15) is 4.80 Å². The lowest BCUT2D eigenvalue weighted by molar-refractivity contribution is 0.763. The monoisotopic (exact) mass is 284 g/mol. The van der Waals surface area contributed by atoms with E-state index in [9.17, 15) is 0 Å². The van der Waals surface area contributed by atoms with Crippen LogP contribution in [0.1, 0.15) is 16.7 Å². The number of nitrogens with two attached hydrogens (primary N) is 1. The van der Waals surface area contributed by atoms with Gasteiger partial charge in [0, 0.05) is 5.69 Å². The fraction of sp³-hybridized carbons (Fsp3) is 0.200. The van der Waals surface area contributed by atoms with E-state index in [0.29, 0.717) is 10.6 Å². The lowest BCUT2D eigenvalue weighted by atomic mass is 10.1. The van der Waals surface area contributed by atoms with Crippen molar-refractivity contribution in [1.82, 2.24) is 15.0 Å². The molecule has 3 aromatic rings. The van der Waals surface area contributed by atoms with Gasteiger partial charge in [-0.1, -0.05) is 6.07 Å². The number of nitrogen functional groups attached to an aromatic ring is 1. The van der Waals surface area contributed by atoms with Crippen LogP contribution in [0.2, 0.25) is 0 Å². The van der Waals surface area contributed by atoms with Crippen molar-refractivity contribution in [1.29, 1.82) is 0 Å². The number of hydrogen-bond acceptors (Lipinski definition) is 4. The third kappa shape index (κ3) is 1.94. The van der Waals surface area contributed by atoms with Crippen molar-refractivity contribution in [2.75, 3.05) is 5.73 Å². The minimum Gasteiger partial charge on any atom is -0.398 e. The number of aryl methyl sites for hydroxylation is 3. The van der Waals surface area contributed by atoms with Crippen molar-refractivity contribution in [2.45, 2.75) is 25.7 Å². The lowest BCUT2D eigenvalue weighted by Crippen LogP contribution is -1.99. The van der Waals surface area contributed by atoms with E-state index in [1.807, 2.05) is 19.1 Å². The molecule has 0 aliphatic heterocycles. The summed E-state index contributed by atoms with van der Waals surface area (Å²) in [5.41, 5.74) is 12.5. The smallest absolute Gasteiger partial charge is 0.129 e. The van der Waals surface area contributed by atoms with E-state index in [4.69, 9.17) is 5.73 Å². The van der Waals surface area contributed by atoms with E-state index in [2.05, 4.69) is 48.8 Å². The Morgan fingerprint density at radius 1 is 0.950 bits per heavy atom. The highest BCUT2D eigenvalue weighted by Gasteiger charge is 2.12. The normalized spacial score (nSPS) is 11.2. The Balaban J connectivity index is 2.25. The van der Waals surface area contributed by atoms with Crippen molar-refractivity contribution in [3.8, 4) is 5.69 Å². The Morgan fingerprint density at radius 2 is 1.65 bits per heavy atom. The molecule has 102 valence electrons. The molecule has 2 aromatic carbocycles. The van der Waals surface area contributed by atoms with E-state index in [1.165, 1.54) is 11.1 Å². The molecule has 2 N–H and O–H groups in total. The zero-order valence-electron chi connectivity index (χ0n) is 11.7. The van der Waals surface area contributed by atoms with Crippen molar-refractivity contribution in [3.05, 3.63) is 41.0 Å². The van der Waals surface area contributed by atoms with Crippen molar-refractivity contribution < 1.29 is 0 Å². The molecule has 20 heavy (non-hydrogen) atoms. The molecule has 0 amide bonds. The van der Waals surface area contributed by atoms with Gasteiger partial charge in [-0.25, -0.2) is 0 Å². The van der Waals surface area contributed by atoms with E-state index >= 15 is 0 Å². The van der Waals surface area contributed by atoms with E-state index in [1.54, 1.807) is 4.80 Å². The van der Waals surface area contributed by atoms with Crippen LogP contribution in [0, 0.1) is 20.8 Å². The number of anilines is 1. The zero-order valence-corrected chi connectivity index (χ0v) is 12.6. The Kier molecular flexibility index (Phi) is 2.94. The summed E-state index contributed by atoms with van der Waals surface area (Å²) < 4.78 is 0. The second-order valence-corrected chi connectivity index (χ2v) is 5.53. The highest BCUT2D eigenvalue weighted by Crippen LogP contribution is 2.28. The van der Waals surface area contributed by atoms with Crippen LogP contribution in [0.4, 0.5) is 5.69 Å². The van der Waals surface area contributed by atoms with Crippen LogP contribution >= 0.6 is 12.6 Å². The molecule has 0 fully saturated rings. The van der Waals surface area contributed by atoms with Crippen LogP contribution in [0.25, 0.3) is 16.7 Å². The second kappa shape index (κ2) is 4.52. The van der Waals surface area contributed by atoms with Crippen LogP contribution in [0.15, 0.2) is 29.2 Å². The molecule has 0 saturated heterocycles. The molecule has 0 spiro atoms. The van der Waals surface area contributed by atoms with Gasteiger partial charge >= 0.3 is 0 Å². The number of thiol groups is 1. The number of aromatic nitrogens is 3. The Hall–Kier alpha value is -2.01. The zero-order chi connectivity index (χ0) is 14.4. The summed E-state index contributed by atoms with van der Waals surface area (Å²) in [5.74, 6) is 0. The standard InChI is InChI=1S/C15H16N4S/c1-8-4-5-11(6-9(8)2)19-17-13-10(3)7-12(16)15(20)14(13)18-19/h4-7,20H,16H2,1-3H3. The summed E-state index contributed by atoms with van der Waals surface area (Å²) in [6, 6.07) is 8.04. The van der Waals surface area contributed by atoms with Crippen molar-refractivity contribution >= 4 is 29.3 Å². The van der Waals surface area contributed by atoms with Gasteiger partial charge in [0.15, 0.2) is 0 Å². The van der Waals surface area contributed by atoms with Crippen LogP contribution < -0.4 is 5.73 Å². The number of hydrogen-bond donors (Lipinski definition) is 2. The van der Waals surface area contributed by atoms with Crippen LogP contribution in [0.5, 0.6) is 0 Å². The average Bonchev–Trinajstić information content (AvgIpc) is 2.85. The summed E-state index contributed by atoms with van der Waals surface area (Å²) >= 11 is 4.43. The Morgan fingerprint density at radius 3 is 2.35 bits per heavy atom. The molecule has 0 saturated carbocycles. The van der Waals surface area contributed by atoms with Gasteiger partial charge in [0.1, 0.15) is 11.0 Å². The summed E-state index contributed by atoms with van der Waals surface area (Å²) in [6.45, 7) is 6.14. The van der Waals surface area contributed by atoms with Crippen LogP contribution in [0.3, 0.4) is 0 Å². The van der Waals surface area contributed by atoms with Gasteiger partial charge in [0.2, 0.25) is 0 Å². The third-order valence-electron chi connectivity index (χ3n) is 3.58. The first-order valence-electron chi connectivity index (χ1n) is 6.40. The molecule has 0 atom stereocenters. The average molecular weight is 284 g/mol. The maximum atomic E-state index is 5.93. The first-order valence-corrected chi connectivity index (χ1v) is 6.85. The van der Waals surface area contributed by atoms with Crippen LogP contribution in [-0.2, 0) is 0 Å². The van der Waals surface area contributed by atoms with Gasteiger partial charge in [-0.15, -0.1) is 22.8 Å². The van der Waals surface area contributed by atoms with Gasteiger partial charge in [-0.05, 0) is 55.7 Å². The minimum absolute atomic E-state index is 0.630. The molecule has 5 heteroatoms. The number of nitrogens with zero attached hydrogens (tertiary/aromatic N) is 3. The second-order valence-electron chi connectivity index (χ2n) is 5.09. The van der Waals surface area contributed by atoms with Gasteiger partial charge < -0.3 is 5.73 Å². The number of benzene rings is 2. The van der Waals surface area contributed by atoms with Gasteiger partial charge in [0.05, 0.1) is 10.6 Å². The van der Waals surface area contributed by atoms with E-state index in [0.717, 1.165) is 22.3 Å². The molecular weight excluding hydrogens is 268 g/mol. The fourth-order valence-electron chi connectivity index (χ4n) is 2.20. The molecular formula is C15H16N4S. The van der Waals surface area contributed by atoms with E-state index < -0.39 is 0 Å². The molecule has 0 bridgehead atoms. The van der Waals surface area contributed by atoms with Crippen molar-refractivity contribution in [3.63, 3.8) is 0 Å². The molecule has 1 heterocycles. The molecule has 1 aromatic heterocycles. The number of rotatable bonds is 1. The molecule has 4 nitrogen and oxygen atoms in total. The van der Waals surface area contributed by atoms with Gasteiger partial charge in [0.25, 0.3) is 0 Å². The van der Waals surface area contributed by atoms with Crippen molar-refractivity contribution in [2.24, 2.45) is 0 Å². The molecule has 3 rings (SSSR count). The Bertz CT molecular complexity index is 820. The lowest BCUT2D eigenvalue weighted by Gasteiger charge is -2.03.